The Morgan fingerprint density at radius 3 is 2.24 bits per heavy atom. The summed E-state index contributed by atoms with van der Waals surface area (Å²) in [5.74, 6) is 0. The van der Waals surface area contributed by atoms with E-state index >= 15 is 0 Å². The molecule has 3 nitrogen and oxygen atoms in total. The van der Waals surface area contributed by atoms with Gasteiger partial charge in [0.2, 0.25) is 0 Å². The fraction of sp³-hybridized carbons (Fsp3) is 0.500. The number of rotatable bonds is 1. The van der Waals surface area contributed by atoms with Crippen LogP contribution in [0, 0.1) is 20.8 Å². The van der Waals surface area contributed by atoms with Crippen molar-refractivity contribution in [2.75, 3.05) is 5.32 Å². The van der Waals surface area contributed by atoms with Gasteiger partial charge in [0.25, 0.3) is 0 Å². The first-order chi connectivity index (χ1) is 7.70. The zero-order valence-electron chi connectivity index (χ0n) is 11.5. The Morgan fingerprint density at radius 2 is 1.71 bits per heavy atom. The minimum atomic E-state index is -0.474. The first kappa shape index (κ1) is 13.6. The molecule has 0 saturated heterocycles. The summed E-state index contributed by atoms with van der Waals surface area (Å²) >= 11 is 0. The molecule has 0 fully saturated rings. The van der Waals surface area contributed by atoms with E-state index in [1.807, 2.05) is 46.8 Å². The van der Waals surface area contributed by atoms with Crippen molar-refractivity contribution in [1.29, 1.82) is 0 Å². The number of ether oxygens (including phenoxy) is 1. The van der Waals surface area contributed by atoms with Crippen LogP contribution in [0.4, 0.5) is 10.5 Å². The van der Waals surface area contributed by atoms with Crippen molar-refractivity contribution in [2.45, 2.75) is 47.1 Å². The van der Waals surface area contributed by atoms with Crippen LogP contribution >= 0.6 is 0 Å². The van der Waals surface area contributed by atoms with Gasteiger partial charge in [0.15, 0.2) is 0 Å². The van der Waals surface area contributed by atoms with Gasteiger partial charge in [-0.2, -0.15) is 0 Å². The summed E-state index contributed by atoms with van der Waals surface area (Å²) in [5.41, 5.74) is 3.83. The van der Waals surface area contributed by atoms with E-state index in [9.17, 15) is 4.79 Å². The molecule has 94 valence electrons. The highest BCUT2D eigenvalue weighted by Gasteiger charge is 2.17. The number of hydrogen-bond acceptors (Lipinski definition) is 2. The van der Waals surface area contributed by atoms with E-state index in [1.165, 1.54) is 11.1 Å². The summed E-state index contributed by atoms with van der Waals surface area (Å²) < 4.78 is 5.22. The van der Waals surface area contributed by atoms with Gasteiger partial charge in [-0.25, -0.2) is 4.79 Å². The predicted octanol–water partition coefficient (Wildman–Crippen LogP) is 3.96. The number of carbonyl (C=O) groups excluding carboxylic acids is 1. The Bertz CT molecular complexity index is 431. The number of carbonyl (C=O) groups is 1. The lowest BCUT2D eigenvalue weighted by atomic mass is 10.0. The van der Waals surface area contributed by atoms with E-state index in [0.29, 0.717) is 0 Å². The number of aryl methyl sites for hydroxylation is 1. The summed E-state index contributed by atoms with van der Waals surface area (Å²) in [6.07, 6.45) is -0.413. The smallest absolute Gasteiger partial charge is 0.412 e. The van der Waals surface area contributed by atoms with E-state index in [-0.39, 0.29) is 0 Å². The Balaban J connectivity index is 2.83. The van der Waals surface area contributed by atoms with Crippen LogP contribution in [0.25, 0.3) is 0 Å². The molecule has 0 radical (unpaired) electrons. The molecular formula is C14H21NO2. The third kappa shape index (κ3) is 3.77. The standard InChI is InChI=1S/C14H21NO2/c1-9-7-8-12(11(3)10(9)2)15-13(16)17-14(4,5)6/h7-8H,1-6H3,(H,15,16). The van der Waals surface area contributed by atoms with Gasteiger partial charge in [0.1, 0.15) is 5.60 Å². The molecule has 0 heterocycles. The average molecular weight is 235 g/mol. The monoisotopic (exact) mass is 235 g/mol. The molecular weight excluding hydrogens is 214 g/mol. The molecule has 1 amide bonds. The van der Waals surface area contributed by atoms with Crippen molar-refractivity contribution in [2.24, 2.45) is 0 Å². The summed E-state index contributed by atoms with van der Waals surface area (Å²) in [6, 6.07) is 3.90. The van der Waals surface area contributed by atoms with Crippen molar-refractivity contribution < 1.29 is 9.53 Å². The molecule has 0 atom stereocenters. The van der Waals surface area contributed by atoms with E-state index in [0.717, 1.165) is 11.3 Å². The minimum absolute atomic E-state index is 0.413. The molecule has 0 aromatic heterocycles. The largest absolute Gasteiger partial charge is 0.444 e. The molecule has 1 rings (SSSR count). The molecule has 3 heteroatoms. The van der Waals surface area contributed by atoms with Gasteiger partial charge in [-0.15, -0.1) is 0 Å². The first-order valence-corrected chi connectivity index (χ1v) is 5.77. The molecule has 17 heavy (non-hydrogen) atoms. The molecule has 1 N–H and O–H groups in total. The Labute approximate surface area is 103 Å². The van der Waals surface area contributed by atoms with Crippen LogP contribution in [0.2, 0.25) is 0 Å². The van der Waals surface area contributed by atoms with Crippen molar-refractivity contribution in [3.05, 3.63) is 28.8 Å². The predicted molar refractivity (Wildman–Crippen MR) is 70.5 cm³/mol. The molecule has 0 spiro atoms. The number of amides is 1. The zero-order chi connectivity index (χ0) is 13.2. The van der Waals surface area contributed by atoms with Crippen LogP contribution in [0.5, 0.6) is 0 Å². The summed E-state index contributed by atoms with van der Waals surface area (Å²) in [4.78, 5) is 11.6. The highest BCUT2D eigenvalue weighted by molar-refractivity contribution is 5.86. The number of benzene rings is 1. The van der Waals surface area contributed by atoms with Gasteiger partial charge < -0.3 is 4.74 Å². The fourth-order valence-electron chi connectivity index (χ4n) is 1.51. The van der Waals surface area contributed by atoms with Crippen LogP contribution in [-0.2, 0) is 4.74 Å². The van der Waals surface area contributed by atoms with Crippen molar-refractivity contribution in [1.82, 2.24) is 0 Å². The maximum absolute atomic E-state index is 11.6. The number of anilines is 1. The quantitative estimate of drug-likeness (QED) is 0.800. The van der Waals surface area contributed by atoms with Crippen LogP contribution < -0.4 is 5.32 Å². The maximum atomic E-state index is 11.6. The van der Waals surface area contributed by atoms with E-state index < -0.39 is 11.7 Å². The van der Waals surface area contributed by atoms with Crippen molar-refractivity contribution >= 4 is 11.8 Å². The summed E-state index contributed by atoms with van der Waals surface area (Å²) in [5, 5.41) is 2.77. The van der Waals surface area contributed by atoms with Crippen LogP contribution in [0.3, 0.4) is 0 Å². The highest BCUT2D eigenvalue weighted by atomic mass is 16.6. The van der Waals surface area contributed by atoms with Gasteiger partial charge in [-0.1, -0.05) is 6.07 Å². The molecule has 0 aliphatic rings. The lowest BCUT2D eigenvalue weighted by Gasteiger charge is -2.20. The average Bonchev–Trinajstić information content (AvgIpc) is 2.16. The number of hydrogen-bond donors (Lipinski definition) is 1. The SMILES string of the molecule is Cc1ccc(NC(=O)OC(C)(C)C)c(C)c1C. The lowest BCUT2D eigenvalue weighted by molar-refractivity contribution is 0.0636. The highest BCUT2D eigenvalue weighted by Crippen LogP contribution is 2.22. The van der Waals surface area contributed by atoms with Gasteiger partial charge in [-0.05, 0) is 64.3 Å². The second-order valence-corrected chi connectivity index (χ2v) is 5.31. The second kappa shape index (κ2) is 4.78. The lowest BCUT2D eigenvalue weighted by Crippen LogP contribution is -2.27. The first-order valence-electron chi connectivity index (χ1n) is 5.77. The Hall–Kier alpha value is -1.51. The normalized spacial score (nSPS) is 11.2. The fourth-order valence-corrected chi connectivity index (χ4v) is 1.51. The maximum Gasteiger partial charge on any atom is 0.412 e. The van der Waals surface area contributed by atoms with E-state index in [4.69, 9.17) is 4.74 Å². The van der Waals surface area contributed by atoms with Crippen LogP contribution in [0.1, 0.15) is 37.5 Å². The van der Waals surface area contributed by atoms with Crippen molar-refractivity contribution in [3.63, 3.8) is 0 Å². The third-order valence-corrected chi connectivity index (χ3v) is 2.69. The topological polar surface area (TPSA) is 38.3 Å². The molecule has 0 saturated carbocycles. The van der Waals surface area contributed by atoms with Gasteiger partial charge in [-0.3, -0.25) is 5.32 Å². The molecule has 0 bridgehead atoms. The molecule has 1 aromatic carbocycles. The second-order valence-electron chi connectivity index (χ2n) is 5.31. The Morgan fingerprint density at radius 1 is 1.12 bits per heavy atom. The molecule has 0 unspecified atom stereocenters. The summed E-state index contributed by atoms with van der Waals surface area (Å²) in [6.45, 7) is 11.6. The summed E-state index contributed by atoms with van der Waals surface area (Å²) in [7, 11) is 0. The molecule has 0 aliphatic carbocycles. The van der Waals surface area contributed by atoms with Crippen LogP contribution in [-0.4, -0.2) is 11.7 Å². The van der Waals surface area contributed by atoms with Gasteiger partial charge in [0, 0.05) is 5.69 Å². The third-order valence-electron chi connectivity index (χ3n) is 2.69. The molecule has 1 aromatic rings. The van der Waals surface area contributed by atoms with Crippen LogP contribution in [0.15, 0.2) is 12.1 Å². The number of nitrogens with one attached hydrogen (secondary N) is 1. The Kier molecular flexibility index (Phi) is 3.81. The van der Waals surface area contributed by atoms with E-state index in [2.05, 4.69) is 12.2 Å². The minimum Gasteiger partial charge on any atom is -0.444 e. The van der Waals surface area contributed by atoms with Gasteiger partial charge in [0.05, 0.1) is 0 Å². The van der Waals surface area contributed by atoms with Crippen molar-refractivity contribution in [3.8, 4) is 0 Å². The van der Waals surface area contributed by atoms with E-state index in [1.54, 1.807) is 0 Å². The zero-order valence-corrected chi connectivity index (χ0v) is 11.5. The van der Waals surface area contributed by atoms with Gasteiger partial charge >= 0.3 is 6.09 Å². The molecule has 0 aliphatic heterocycles.